The quantitative estimate of drug-likeness (QED) is 0.218. The number of halogens is 1. The number of aromatic hydroxyl groups is 1. The molecule has 0 amide bonds. The van der Waals surface area contributed by atoms with Gasteiger partial charge in [0.2, 0.25) is 0 Å². The van der Waals surface area contributed by atoms with E-state index in [9.17, 15) is 5.11 Å². The van der Waals surface area contributed by atoms with Gasteiger partial charge in [-0.2, -0.15) is 0 Å². The Balaban J connectivity index is 1.46. The zero-order chi connectivity index (χ0) is 22.0. The van der Waals surface area contributed by atoms with Crippen molar-refractivity contribution in [3.05, 3.63) is 81.8 Å². The summed E-state index contributed by atoms with van der Waals surface area (Å²) in [5.74, 6) is 1.11. The molecular weight excluding hydrogens is 488 g/mol. The number of nitrogens with zero attached hydrogens (tertiary/aromatic N) is 2. The standard InChI is InChI=1S/C25H23BrN2OS2/c1-25(2,3)18-6-4-16(5-7-18)15-30-24-28-21-10-9-20(13-23(21)31-24)27-14-17-12-19(26)8-11-22(17)29/h4-14,29H,15H2,1-3H3. The molecule has 1 N–H and O–H groups in total. The first-order chi connectivity index (χ1) is 14.8. The number of rotatable bonds is 5. The van der Waals surface area contributed by atoms with Gasteiger partial charge in [-0.1, -0.05) is 72.7 Å². The van der Waals surface area contributed by atoms with E-state index in [-0.39, 0.29) is 11.2 Å². The molecule has 0 unspecified atom stereocenters. The van der Waals surface area contributed by atoms with Gasteiger partial charge >= 0.3 is 0 Å². The second-order valence-corrected chi connectivity index (χ2v) is 11.5. The number of thioether (sulfide) groups is 1. The Kier molecular flexibility index (Phi) is 6.51. The van der Waals surface area contributed by atoms with Crippen molar-refractivity contribution in [3.63, 3.8) is 0 Å². The van der Waals surface area contributed by atoms with E-state index in [0.717, 1.165) is 30.5 Å². The minimum absolute atomic E-state index is 0.175. The largest absolute Gasteiger partial charge is 0.507 e. The van der Waals surface area contributed by atoms with E-state index < -0.39 is 0 Å². The zero-order valence-corrected chi connectivity index (χ0v) is 20.8. The van der Waals surface area contributed by atoms with Crippen LogP contribution < -0.4 is 0 Å². The number of hydrogen-bond donors (Lipinski definition) is 1. The van der Waals surface area contributed by atoms with Crippen LogP contribution in [0.4, 0.5) is 5.69 Å². The van der Waals surface area contributed by atoms with E-state index in [0.29, 0.717) is 5.56 Å². The molecule has 4 rings (SSSR count). The Morgan fingerprint density at radius 2 is 1.84 bits per heavy atom. The monoisotopic (exact) mass is 510 g/mol. The fourth-order valence-electron chi connectivity index (χ4n) is 3.05. The van der Waals surface area contributed by atoms with Crippen molar-refractivity contribution >= 4 is 61.1 Å². The Labute approximate surface area is 199 Å². The molecule has 3 nitrogen and oxygen atoms in total. The van der Waals surface area contributed by atoms with Crippen LogP contribution in [-0.2, 0) is 11.2 Å². The fraction of sp³-hybridized carbons (Fsp3) is 0.200. The normalized spacial score (nSPS) is 12.1. The van der Waals surface area contributed by atoms with Gasteiger partial charge in [0.1, 0.15) is 5.75 Å². The summed E-state index contributed by atoms with van der Waals surface area (Å²) in [5, 5.41) is 9.97. The third-order valence-electron chi connectivity index (χ3n) is 4.88. The lowest BCUT2D eigenvalue weighted by Gasteiger charge is -2.19. The maximum atomic E-state index is 9.97. The van der Waals surface area contributed by atoms with Gasteiger partial charge in [0, 0.05) is 22.0 Å². The van der Waals surface area contributed by atoms with Crippen LogP contribution in [0.15, 0.2) is 74.5 Å². The van der Waals surface area contributed by atoms with E-state index in [1.54, 1.807) is 41.4 Å². The maximum Gasteiger partial charge on any atom is 0.151 e. The molecule has 0 spiro atoms. The van der Waals surface area contributed by atoms with Crippen LogP contribution in [0.3, 0.4) is 0 Å². The van der Waals surface area contributed by atoms with Crippen LogP contribution in [0, 0.1) is 0 Å². The number of benzene rings is 3. The van der Waals surface area contributed by atoms with Crippen molar-refractivity contribution < 1.29 is 5.11 Å². The number of fused-ring (bicyclic) bond motifs is 1. The van der Waals surface area contributed by atoms with Gasteiger partial charge < -0.3 is 5.11 Å². The fourth-order valence-corrected chi connectivity index (χ4v) is 5.49. The van der Waals surface area contributed by atoms with Crippen molar-refractivity contribution in [3.8, 4) is 5.75 Å². The predicted octanol–water partition coefficient (Wildman–Crippen LogP) is 8.10. The van der Waals surface area contributed by atoms with Crippen molar-refractivity contribution in [2.24, 2.45) is 4.99 Å². The summed E-state index contributed by atoms with van der Waals surface area (Å²) in [5.41, 5.74) is 5.33. The summed E-state index contributed by atoms with van der Waals surface area (Å²) in [7, 11) is 0. The molecule has 6 heteroatoms. The molecular formula is C25H23BrN2OS2. The highest BCUT2D eigenvalue weighted by atomic mass is 79.9. The number of aromatic nitrogens is 1. The van der Waals surface area contributed by atoms with Gasteiger partial charge in [0.15, 0.2) is 4.34 Å². The first-order valence-electron chi connectivity index (χ1n) is 9.93. The second-order valence-electron chi connectivity index (χ2n) is 8.33. The summed E-state index contributed by atoms with van der Waals surface area (Å²) in [6.45, 7) is 6.70. The minimum Gasteiger partial charge on any atom is -0.507 e. The number of thiazole rings is 1. The lowest BCUT2D eigenvalue weighted by atomic mass is 9.87. The number of hydrogen-bond acceptors (Lipinski definition) is 5. The number of aliphatic imine (C=N–C) groups is 1. The molecule has 4 aromatic rings. The van der Waals surface area contributed by atoms with Gasteiger partial charge in [-0.15, -0.1) is 11.3 Å². The smallest absolute Gasteiger partial charge is 0.151 e. The molecule has 158 valence electrons. The van der Waals surface area contributed by atoms with Gasteiger partial charge in [0.25, 0.3) is 0 Å². The maximum absolute atomic E-state index is 9.97. The molecule has 0 aliphatic carbocycles. The van der Waals surface area contributed by atoms with Crippen molar-refractivity contribution in [2.75, 3.05) is 0 Å². The summed E-state index contributed by atoms with van der Waals surface area (Å²) in [6.07, 6.45) is 1.68. The first-order valence-corrected chi connectivity index (χ1v) is 12.5. The van der Waals surface area contributed by atoms with Crippen LogP contribution in [0.25, 0.3) is 10.2 Å². The van der Waals surface area contributed by atoms with Crippen LogP contribution in [0.2, 0.25) is 0 Å². The van der Waals surface area contributed by atoms with E-state index in [1.165, 1.54) is 11.1 Å². The van der Waals surface area contributed by atoms with Crippen molar-refractivity contribution in [2.45, 2.75) is 36.3 Å². The van der Waals surface area contributed by atoms with Crippen LogP contribution >= 0.6 is 39.0 Å². The summed E-state index contributed by atoms with van der Waals surface area (Å²) < 4.78 is 3.07. The van der Waals surface area contributed by atoms with Crippen LogP contribution in [-0.4, -0.2) is 16.3 Å². The molecule has 0 aliphatic rings. The molecule has 3 aromatic carbocycles. The first kappa shape index (κ1) is 22.1. The number of phenols is 1. The third kappa shape index (κ3) is 5.56. The highest BCUT2D eigenvalue weighted by molar-refractivity contribution is 9.10. The molecule has 1 aromatic heterocycles. The van der Waals surface area contributed by atoms with Gasteiger partial charge in [-0.3, -0.25) is 4.99 Å². The van der Waals surface area contributed by atoms with E-state index in [1.807, 2.05) is 24.3 Å². The number of phenolic OH excluding ortho intramolecular Hbond substituents is 1. The highest BCUT2D eigenvalue weighted by Gasteiger charge is 2.13. The highest BCUT2D eigenvalue weighted by Crippen LogP contribution is 2.34. The van der Waals surface area contributed by atoms with E-state index >= 15 is 0 Å². The molecule has 1 heterocycles. The summed E-state index contributed by atoms with van der Waals surface area (Å²) in [6, 6.07) is 20.2. The zero-order valence-electron chi connectivity index (χ0n) is 17.6. The molecule has 0 radical (unpaired) electrons. The van der Waals surface area contributed by atoms with Gasteiger partial charge in [-0.05, 0) is 52.9 Å². The van der Waals surface area contributed by atoms with Crippen molar-refractivity contribution in [1.29, 1.82) is 0 Å². The topological polar surface area (TPSA) is 45.5 Å². The second kappa shape index (κ2) is 9.15. The average Bonchev–Trinajstić information content (AvgIpc) is 3.15. The molecule has 0 aliphatic heterocycles. The van der Waals surface area contributed by atoms with Gasteiger partial charge in [-0.25, -0.2) is 4.98 Å². The molecule has 0 atom stereocenters. The molecule has 0 fully saturated rings. The summed E-state index contributed by atoms with van der Waals surface area (Å²) >= 11 is 6.87. The Morgan fingerprint density at radius 1 is 1.06 bits per heavy atom. The van der Waals surface area contributed by atoms with E-state index in [4.69, 9.17) is 4.98 Å². The molecule has 0 saturated heterocycles. The lowest BCUT2D eigenvalue weighted by Crippen LogP contribution is -2.10. The lowest BCUT2D eigenvalue weighted by molar-refractivity contribution is 0.474. The molecule has 31 heavy (non-hydrogen) atoms. The van der Waals surface area contributed by atoms with Gasteiger partial charge in [0.05, 0.1) is 15.9 Å². The third-order valence-corrected chi connectivity index (χ3v) is 7.60. The van der Waals surface area contributed by atoms with E-state index in [2.05, 4.69) is 66.0 Å². The Hall–Kier alpha value is -2.15. The minimum atomic E-state index is 0.175. The Morgan fingerprint density at radius 3 is 2.58 bits per heavy atom. The van der Waals surface area contributed by atoms with Crippen molar-refractivity contribution in [1.82, 2.24) is 4.98 Å². The average molecular weight is 512 g/mol. The molecule has 0 saturated carbocycles. The SMILES string of the molecule is CC(C)(C)c1ccc(CSc2nc3ccc(N=Cc4cc(Br)ccc4O)cc3s2)cc1. The van der Waals surface area contributed by atoms with Crippen LogP contribution in [0.5, 0.6) is 5.75 Å². The van der Waals surface area contributed by atoms with Crippen LogP contribution in [0.1, 0.15) is 37.5 Å². The summed E-state index contributed by atoms with van der Waals surface area (Å²) in [4.78, 5) is 9.28. The Bertz CT molecular complexity index is 1240. The molecule has 0 bridgehead atoms. The predicted molar refractivity (Wildman–Crippen MR) is 137 cm³/mol.